The zero-order chi connectivity index (χ0) is 16.5. The van der Waals surface area contributed by atoms with Crippen LogP contribution in [0, 0.1) is 0 Å². The Morgan fingerprint density at radius 1 is 1.39 bits per heavy atom. The minimum Gasteiger partial charge on any atom is -0.324 e. The van der Waals surface area contributed by atoms with Crippen LogP contribution in [-0.4, -0.2) is 33.0 Å². The first kappa shape index (κ1) is 19.9. The normalized spacial score (nSPS) is 14.9. The Bertz CT molecular complexity index is 684. The number of hydrogen-bond acceptors (Lipinski definition) is 4. The van der Waals surface area contributed by atoms with Gasteiger partial charge in [0.05, 0.1) is 4.90 Å². The number of nitrogens with two attached hydrogens (primary N) is 1. The fourth-order valence-electron chi connectivity index (χ4n) is 2.41. The van der Waals surface area contributed by atoms with Gasteiger partial charge in [0.25, 0.3) is 0 Å². The second-order valence-corrected chi connectivity index (χ2v) is 8.14. The first-order valence-corrected chi connectivity index (χ1v) is 8.78. The van der Waals surface area contributed by atoms with Gasteiger partial charge in [0.1, 0.15) is 0 Å². The fraction of sp³-hybridized carbons (Fsp3) is 0.533. The SMILES string of the molecule is CC(=O)N1CCCc2ccc(S(=O)(=O)NCC(C)(C)N)cc21.Cl. The molecule has 130 valence electrons. The molecule has 0 unspecified atom stereocenters. The molecule has 0 fully saturated rings. The van der Waals surface area contributed by atoms with Gasteiger partial charge in [0, 0.05) is 31.2 Å². The summed E-state index contributed by atoms with van der Waals surface area (Å²) in [6.45, 7) is 5.75. The van der Waals surface area contributed by atoms with Gasteiger partial charge in [0.15, 0.2) is 0 Å². The van der Waals surface area contributed by atoms with Crippen molar-refractivity contribution in [1.29, 1.82) is 0 Å². The van der Waals surface area contributed by atoms with E-state index >= 15 is 0 Å². The summed E-state index contributed by atoms with van der Waals surface area (Å²) in [7, 11) is -3.64. The predicted octanol–water partition coefficient (Wildman–Crippen LogP) is 1.42. The molecule has 8 heteroatoms. The molecule has 6 nitrogen and oxygen atoms in total. The summed E-state index contributed by atoms with van der Waals surface area (Å²) in [5.41, 5.74) is 6.87. The molecule has 0 bridgehead atoms. The lowest BCUT2D eigenvalue weighted by Crippen LogP contribution is -2.45. The zero-order valence-corrected chi connectivity index (χ0v) is 15.3. The zero-order valence-electron chi connectivity index (χ0n) is 13.6. The van der Waals surface area contributed by atoms with Crippen molar-refractivity contribution in [3.05, 3.63) is 23.8 Å². The maximum atomic E-state index is 12.4. The molecule has 1 aliphatic rings. The van der Waals surface area contributed by atoms with E-state index in [-0.39, 0.29) is 29.8 Å². The highest BCUT2D eigenvalue weighted by Gasteiger charge is 2.24. The van der Waals surface area contributed by atoms with Gasteiger partial charge in [-0.3, -0.25) is 4.79 Å². The number of rotatable bonds is 4. The third-order valence-electron chi connectivity index (χ3n) is 3.58. The first-order chi connectivity index (χ1) is 10.1. The molecule has 1 aliphatic heterocycles. The minimum atomic E-state index is -3.64. The molecule has 0 aliphatic carbocycles. The van der Waals surface area contributed by atoms with Crippen molar-refractivity contribution < 1.29 is 13.2 Å². The number of aryl methyl sites for hydroxylation is 1. The van der Waals surface area contributed by atoms with Crippen molar-refractivity contribution in [2.75, 3.05) is 18.0 Å². The fourth-order valence-corrected chi connectivity index (χ4v) is 3.66. The van der Waals surface area contributed by atoms with E-state index in [2.05, 4.69) is 4.72 Å². The summed E-state index contributed by atoms with van der Waals surface area (Å²) in [5.74, 6) is -0.0773. The standard InChI is InChI=1S/C15H23N3O3S.ClH/c1-11(19)18-8-4-5-12-6-7-13(9-14(12)18)22(20,21)17-10-15(2,3)16;/h6-7,9,17H,4-5,8,10,16H2,1-3H3;1H. The third kappa shape index (κ3) is 4.91. The number of amides is 1. The van der Waals surface area contributed by atoms with Crippen molar-refractivity contribution in [3.63, 3.8) is 0 Å². The molecular weight excluding hydrogens is 338 g/mol. The van der Waals surface area contributed by atoms with Gasteiger partial charge in [-0.15, -0.1) is 12.4 Å². The quantitative estimate of drug-likeness (QED) is 0.848. The van der Waals surface area contributed by atoms with Crippen LogP contribution in [0.4, 0.5) is 5.69 Å². The lowest BCUT2D eigenvalue weighted by molar-refractivity contribution is -0.116. The van der Waals surface area contributed by atoms with E-state index in [9.17, 15) is 13.2 Å². The van der Waals surface area contributed by atoms with E-state index in [0.29, 0.717) is 12.2 Å². The molecule has 0 radical (unpaired) electrons. The largest absolute Gasteiger partial charge is 0.324 e. The number of carbonyl (C=O) groups is 1. The number of benzene rings is 1. The second kappa shape index (κ2) is 7.17. The molecular formula is C15H24ClN3O3S. The number of fused-ring (bicyclic) bond motifs is 1. The van der Waals surface area contributed by atoms with E-state index < -0.39 is 15.6 Å². The van der Waals surface area contributed by atoms with Crippen molar-refractivity contribution in [2.45, 2.75) is 44.0 Å². The monoisotopic (exact) mass is 361 g/mol. The smallest absolute Gasteiger partial charge is 0.240 e. The van der Waals surface area contributed by atoms with E-state index in [0.717, 1.165) is 18.4 Å². The van der Waals surface area contributed by atoms with Crippen LogP contribution in [0.15, 0.2) is 23.1 Å². The number of hydrogen-bond donors (Lipinski definition) is 2. The molecule has 0 aromatic heterocycles. The molecule has 0 spiro atoms. The maximum absolute atomic E-state index is 12.4. The number of halogens is 1. The van der Waals surface area contributed by atoms with Crippen molar-refractivity contribution >= 4 is 34.0 Å². The Kier molecular flexibility index (Phi) is 6.20. The summed E-state index contributed by atoms with van der Waals surface area (Å²) >= 11 is 0. The average molecular weight is 362 g/mol. The van der Waals surface area contributed by atoms with E-state index in [1.165, 1.54) is 6.92 Å². The van der Waals surface area contributed by atoms with E-state index in [1.54, 1.807) is 36.9 Å². The topological polar surface area (TPSA) is 92.5 Å². The summed E-state index contributed by atoms with van der Waals surface area (Å²) < 4.78 is 27.3. The molecule has 3 N–H and O–H groups in total. The van der Waals surface area contributed by atoms with Crippen LogP contribution in [0.1, 0.15) is 32.8 Å². The highest BCUT2D eigenvalue weighted by Crippen LogP contribution is 2.29. The Balaban J connectivity index is 0.00000264. The highest BCUT2D eigenvalue weighted by molar-refractivity contribution is 7.89. The molecule has 0 saturated carbocycles. The lowest BCUT2D eigenvalue weighted by atomic mass is 10.0. The predicted molar refractivity (Wildman–Crippen MR) is 93.5 cm³/mol. The summed E-state index contributed by atoms with van der Waals surface area (Å²) in [6.07, 6.45) is 1.74. The van der Waals surface area contributed by atoms with Crippen LogP contribution in [0.5, 0.6) is 0 Å². The average Bonchev–Trinajstić information content (AvgIpc) is 2.43. The van der Waals surface area contributed by atoms with Crippen molar-refractivity contribution in [1.82, 2.24) is 4.72 Å². The summed E-state index contributed by atoms with van der Waals surface area (Å²) in [4.78, 5) is 13.5. The Morgan fingerprint density at radius 2 is 2.04 bits per heavy atom. The van der Waals surface area contributed by atoms with Crippen LogP contribution in [0.2, 0.25) is 0 Å². The number of anilines is 1. The van der Waals surface area contributed by atoms with Gasteiger partial charge >= 0.3 is 0 Å². The first-order valence-electron chi connectivity index (χ1n) is 7.30. The van der Waals surface area contributed by atoms with Crippen LogP contribution in [0.25, 0.3) is 0 Å². The van der Waals surface area contributed by atoms with Crippen LogP contribution < -0.4 is 15.4 Å². The summed E-state index contributed by atoms with van der Waals surface area (Å²) in [6, 6.07) is 4.93. The van der Waals surface area contributed by atoms with Gasteiger partial charge in [-0.25, -0.2) is 13.1 Å². The third-order valence-corrected chi connectivity index (χ3v) is 4.98. The molecule has 1 amide bonds. The van der Waals surface area contributed by atoms with Crippen LogP contribution >= 0.6 is 12.4 Å². The summed E-state index contributed by atoms with van der Waals surface area (Å²) in [5, 5.41) is 0. The highest BCUT2D eigenvalue weighted by atomic mass is 35.5. The number of carbonyl (C=O) groups excluding carboxylic acids is 1. The molecule has 1 aromatic rings. The van der Waals surface area contributed by atoms with Crippen molar-refractivity contribution in [3.8, 4) is 0 Å². The van der Waals surface area contributed by atoms with Crippen LogP contribution in [-0.2, 0) is 21.2 Å². The molecule has 0 saturated heterocycles. The maximum Gasteiger partial charge on any atom is 0.240 e. The Hall–Kier alpha value is -1.15. The number of sulfonamides is 1. The van der Waals surface area contributed by atoms with Gasteiger partial charge in [-0.05, 0) is 44.4 Å². The van der Waals surface area contributed by atoms with Gasteiger partial charge < -0.3 is 10.6 Å². The minimum absolute atomic E-state index is 0. The number of nitrogens with zero attached hydrogens (tertiary/aromatic N) is 1. The van der Waals surface area contributed by atoms with E-state index in [1.807, 2.05) is 0 Å². The lowest BCUT2D eigenvalue weighted by Gasteiger charge is -2.29. The van der Waals surface area contributed by atoms with Gasteiger partial charge in [-0.2, -0.15) is 0 Å². The van der Waals surface area contributed by atoms with Gasteiger partial charge in [0.2, 0.25) is 15.9 Å². The molecule has 2 rings (SSSR count). The Morgan fingerprint density at radius 3 is 2.61 bits per heavy atom. The second-order valence-electron chi connectivity index (χ2n) is 6.38. The molecule has 0 atom stereocenters. The molecule has 1 aromatic carbocycles. The Labute approximate surface area is 143 Å². The van der Waals surface area contributed by atoms with Crippen LogP contribution in [0.3, 0.4) is 0 Å². The van der Waals surface area contributed by atoms with Gasteiger partial charge in [-0.1, -0.05) is 6.07 Å². The molecule has 1 heterocycles. The molecule has 23 heavy (non-hydrogen) atoms. The van der Waals surface area contributed by atoms with E-state index in [4.69, 9.17) is 5.73 Å². The van der Waals surface area contributed by atoms with Crippen molar-refractivity contribution in [2.24, 2.45) is 5.73 Å². The number of nitrogens with one attached hydrogen (secondary N) is 1.